The molecule has 0 amide bonds. The second-order valence-corrected chi connectivity index (χ2v) is 5.39. The summed E-state index contributed by atoms with van der Waals surface area (Å²) in [7, 11) is 0. The lowest BCUT2D eigenvalue weighted by molar-refractivity contribution is -0.232. The average molecular weight is 262 g/mol. The average Bonchev–Trinajstić information content (AvgIpc) is 3.05. The lowest BCUT2D eigenvalue weighted by atomic mass is 10.1. The summed E-state index contributed by atoms with van der Waals surface area (Å²) in [5.41, 5.74) is 0. The van der Waals surface area contributed by atoms with Crippen LogP contribution in [0.1, 0.15) is 30.4 Å². The monoisotopic (exact) mass is 262 g/mol. The molecule has 0 radical (unpaired) electrons. The normalized spacial score (nSPS) is 61.6. The molecule has 0 aromatic carbocycles. The highest BCUT2D eigenvalue weighted by Gasteiger charge is 2.57. The van der Waals surface area contributed by atoms with E-state index in [-0.39, 0.29) is 20.4 Å². The van der Waals surface area contributed by atoms with Crippen molar-refractivity contribution in [1.82, 2.24) is 0 Å². The van der Waals surface area contributed by atoms with E-state index in [0.717, 1.165) is 0 Å². The van der Waals surface area contributed by atoms with E-state index in [1.165, 1.54) is 0 Å². The van der Waals surface area contributed by atoms with Gasteiger partial charge in [0.25, 0.3) is 0 Å². The number of hydrogen-bond acceptors (Lipinski definition) is 6. The van der Waals surface area contributed by atoms with Crippen molar-refractivity contribution in [3.05, 3.63) is 0 Å². The third-order valence-corrected chi connectivity index (χ3v) is 3.30. The molecule has 0 spiro atoms. The molecule has 18 heavy (non-hydrogen) atoms. The first kappa shape index (κ1) is 10.5. The number of aliphatic hydroxyl groups excluding tert-OH is 1. The minimum absolute atomic E-state index is 0.0247. The second-order valence-electron chi connectivity index (χ2n) is 5.39. The Hall–Kier alpha value is -0.240. The fraction of sp³-hybridized carbons (Fsp3) is 1.00. The van der Waals surface area contributed by atoms with Gasteiger partial charge in [0.1, 0.15) is 24.4 Å². The molecule has 3 rings (SSSR count). The van der Waals surface area contributed by atoms with Gasteiger partial charge in [0, 0.05) is 2.74 Å². The summed E-state index contributed by atoms with van der Waals surface area (Å²) in [5.74, 6) is -1.99. The molecular formula is C12H20O6. The van der Waals surface area contributed by atoms with Crippen molar-refractivity contribution < 1.29 is 31.5 Å². The number of aliphatic hydroxyl groups is 1. The van der Waals surface area contributed by atoms with E-state index >= 15 is 0 Å². The SMILES string of the molecule is [2H]CC1(C)OC[C@H]([C@H]2OC3OC(C)(C[2H])O[C@@H]3[C@H]2O)O1. The number of hydrogen-bond donors (Lipinski definition) is 1. The molecule has 3 aliphatic rings. The van der Waals surface area contributed by atoms with Crippen LogP contribution in [0.15, 0.2) is 0 Å². The van der Waals surface area contributed by atoms with Crippen LogP contribution in [0.3, 0.4) is 0 Å². The van der Waals surface area contributed by atoms with Crippen LogP contribution in [0.2, 0.25) is 0 Å². The van der Waals surface area contributed by atoms with Gasteiger partial charge in [-0.3, -0.25) is 0 Å². The fourth-order valence-corrected chi connectivity index (χ4v) is 2.56. The fourth-order valence-electron chi connectivity index (χ4n) is 2.56. The zero-order valence-electron chi connectivity index (χ0n) is 12.5. The predicted molar refractivity (Wildman–Crippen MR) is 59.6 cm³/mol. The van der Waals surface area contributed by atoms with Crippen LogP contribution in [-0.2, 0) is 23.7 Å². The van der Waals surface area contributed by atoms with Crippen LogP contribution >= 0.6 is 0 Å². The molecule has 1 N–H and O–H groups in total. The lowest BCUT2D eigenvalue weighted by Gasteiger charge is -2.26. The molecule has 6 heteroatoms. The summed E-state index contributed by atoms with van der Waals surface area (Å²) >= 11 is 0. The van der Waals surface area contributed by atoms with Crippen LogP contribution in [0.4, 0.5) is 0 Å². The summed E-state index contributed by atoms with van der Waals surface area (Å²) in [6, 6.07) is 0. The molecule has 3 fully saturated rings. The van der Waals surface area contributed by atoms with Crippen LogP contribution in [0, 0.1) is 0 Å². The number of ether oxygens (including phenoxy) is 5. The summed E-state index contributed by atoms with van der Waals surface area (Å²) in [6.07, 6.45) is -3.30. The zero-order valence-corrected chi connectivity index (χ0v) is 10.5. The van der Waals surface area contributed by atoms with Crippen LogP contribution in [0.25, 0.3) is 0 Å². The van der Waals surface area contributed by atoms with Crippen molar-refractivity contribution in [2.24, 2.45) is 0 Å². The van der Waals surface area contributed by atoms with E-state index in [2.05, 4.69) is 0 Å². The Bertz CT molecular complexity index is 385. The first-order valence-electron chi connectivity index (χ1n) is 7.40. The molecule has 0 aromatic rings. The first-order valence-corrected chi connectivity index (χ1v) is 5.99. The third kappa shape index (κ3) is 2.07. The molecule has 6 nitrogen and oxygen atoms in total. The van der Waals surface area contributed by atoms with E-state index in [9.17, 15) is 5.11 Å². The van der Waals surface area contributed by atoms with Gasteiger partial charge >= 0.3 is 0 Å². The van der Waals surface area contributed by atoms with E-state index in [1.54, 1.807) is 13.8 Å². The summed E-state index contributed by atoms with van der Waals surface area (Å²) in [5, 5.41) is 10.3. The van der Waals surface area contributed by atoms with Crippen molar-refractivity contribution in [1.29, 1.82) is 0 Å². The topological polar surface area (TPSA) is 66.4 Å². The Morgan fingerprint density at radius 2 is 1.89 bits per heavy atom. The third-order valence-electron chi connectivity index (χ3n) is 3.30. The van der Waals surface area contributed by atoms with Gasteiger partial charge in [0.2, 0.25) is 0 Å². The van der Waals surface area contributed by atoms with Gasteiger partial charge in [0.15, 0.2) is 17.9 Å². The Morgan fingerprint density at radius 3 is 2.50 bits per heavy atom. The van der Waals surface area contributed by atoms with Crippen molar-refractivity contribution in [2.75, 3.05) is 6.61 Å². The molecule has 3 heterocycles. The minimum atomic E-state index is -1.04. The summed E-state index contributed by atoms with van der Waals surface area (Å²) < 4.78 is 42.6. The molecule has 0 saturated carbocycles. The van der Waals surface area contributed by atoms with E-state index in [0.29, 0.717) is 0 Å². The van der Waals surface area contributed by atoms with Gasteiger partial charge in [0.05, 0.1) is 6.61 Å². The highest BCUT2D eigenvalue weighted by molar-refractivity contribution is 4.97. The smallest absolute Gasteiger partial charge is 0.190 e. The minimum Gasteiger partial charge on any atom is -0.387 e. The van der Waals surface area contributed by atoms with E-state index < -0.39 is 42.3 Å². The van der Waals surface area contributed by atoms with Crippen molar-refractivity contribution in [3.63, 3.8) is 0 Å². The quantitative estimate of drug-likeness (QED) is 0.736. The lowest BCUT2D eigenvalue weighted by Crippen LogP contribution is -2.42. The van der Waals surface area contributed by atoms with Crippen molar-refractivity contribution in [3.8, 4) is 0 Å². The Morgan fingerprint density at radius 1 is 1.11 bits per heavy atom. The van der Waals surface area contributed by atoms with Crippen LogP contribution in [0.5, 0.6) is 0 Å². The Balaban J connectivity index is 1.66. The number of fused-ring (bicyclic) bond motifs is 1. The molecule has 104 valence electrons. The van der Waals surface area contributed by atoms with Gasteiger partial charge < -0.3 is 28.8 Å². The molecule has 0 aromatic heterocycles. The first-order chi connectivity index (χ1) is 9.40. The van der Waals surface area contributed by atoms with Gasteiger partial charge in [-0.2, -0.15) is 0 Å². The molecule has 0 bridgehead atoms. The van der Waals surface area contributed by atoms with Gasteiger partial charge in [-0.25, -0.2) is 0 Å². The van der Waals surface area contributed by atoms with E-state index in [4.69, 9.17) is 26.4 Å². The molecule has 0 aliphatic carbocycles. The maximum absolute atomic E-state index is 10.3. The maximum atomic E-state index is 10.3. The van der Waals surface area contributed by atoms with Gasteiger partial charge in [-0.1, -0.05) is 0 Å². The summed E-state index contributed by atoms with van der Waals surface area (Å²) in [6.45, 7) is 3.50. The van der Waals surface area contributed by atoms with Gasteiger partial charge in [-0.15, -0.1) is 0 Å². The predicted octanol–water partition coefficient (Wildman–Crippen LogP) is 0.375. The highest BCUT2D eigenvalue weighted by atomic mass is 16.8. The van der Waals surface area contributed by atoms with E-state index in [1.807, 2.05) is 0 Å². The Labute approximate surface area is 109 Å². The Kier molecular flexibility index (Phi) is 2.27. The standard InChI is InChI=1S/C12H20O6/c1-11(2)14-5-6(16-11)8-7(13)9-10(15-8)18-12(3,4)17-9/h6-10,13H,5H2,1-4H3/t6-,7+,8-,9-,10?/m1/s1/i1D,3D/t6-,7+,8-,9-,10?,11?,12?. The number of rotatable bonds is 1. The molecule has 3 aliphatic heterocycles. The summed E-state index contributed by atoms with van der Waals surface area (Å²) in [4.78, 5) is 0. The van der Waals surface area contributed by atoms with Gasteiger partial charge in [-0.05, 0) is 27.6 Å². The van der Waals surface area contributed by atoms with Crippen molar-refractivity contribution >= 4 is 0 Å². The van der Waals surface area contributed by atoms with Crippen LogP contribution < -0.4 is 0 Å². The molecule has 7 atom stereocenters. The molecule has 3 saturated heterocycles. The maximum Gasteiger partial charge on any atom is 0.190 e. The molecule has 3 unspecified atom stereocenters. The highest BCUT2D eigenvalue weighted by Crippen LogP contribution is 2.40. The molecular weight excluding hydrogens is 240 g/mol. The van der Waals surface area contributed by atoms with Crippen molar-refractivity contribution in [2.45, 2.75) is 69.9 Å². The second kappa shape index (κ2) is 3.88. The largest absolute Gasteiger partial charge is 0.387 e. The zero-order chi connectivity index (χ0) is 14.5. The van der Waals surface area contributed by atoms with Crippen LogP contribution in [-0.4, -0.2) is 54.0 Å².